The summed E-state index contributed by atoms with van der Waals surface area (Å²) in [6.07, 6.45) is 6.49. The van der Waals surface area contributed by atoms with Crippen molar-refractivity contribution in [3.63, 3.8) is 0 Å². The molecule has 2 fully saturated rings. The molecule has 2 heterocycles. The van der Waals surface area contributed by atoms with Crippen LogP contribution in [-0.4, -0.2) is 30.6 Å². The van der Waals surface area contributed by atoms with Crippen LogP contribution >= 0.6 is 0 Å². The summed E-state index contributed by atoms with van der Waals surface area (Å²) < 4.78 is 5.63. The van der Waals surface area contributed by atoms with Crippen LogP contribution in [0.1, 0.15) is 49.1 Å². The highest BCUT2D eigenvalue weighted by molar-refractivity contribution is 5.74. The minimum Gasteiger partial charge on any atom is -0.468 e. The van der Waals surface area contributed by atoms with Crippen LogP contribution in [-0.2, 0) is 0 Å². The number of hydrogen-bond acceptors (Lipinski definition) is 3. The van der Waals surface area contributed by atoms with Crippen LogP contribution in [0.2, 0.25) is 0 Å². The highest BCUT2D eigenvalue weighted by atomic mass is 16.3. The molecule has 0 bridgehead atoms. The van der Waals surface area contributed by atoms with E-state index >= 15 is 0 Å². The van der Waals surface area contributed by atoms with E-state index in [9.17, 15) is 4.79 Å². The zero-order chi connectivity index (χ0) is 17.8. The largest absolute Gasteiger partial charge is 0.468 e. The van der Waals surface area contributed by atoms with Gasteiger partial charge >= 0.3 is 6.03 Å². The van der Waals surface area contributed by atoms with E-state index in [0.29, 0.717) is 12.5 Å². The Hall–Kier alpha value is -2.27. The molecule has 1 aromatic carbocycles. The number of carbonyl (C=O) groups excluding carboxylic acids is 1. The number of carbonyl (C=O) groups is 1. The minimum atomic E-state index is -0.0958. The second-order valence-electron chi connectivity index (χ2n) is 7.35. The van der Waals surface area contributed by atoms with Crippen molar-refractivity contribution in [3.05, 3.63) is 60.1 Å². The SMILES string of the molecule is O=C(NCC(c1ccco1)N1CCCC1)NC(c1ccccc1)C1CC1. The number of hydrogen-bond donors (Lipinski definition) is 2. The van der Waals surface area contributed by atoms with Crippen molar-refractivity contribution in [2.24, 2.45) is 5.92 Å². The lowest BCUT2D eigenvalue weighted by Gasteiger charge is -2.26. The summed E-state index contributed by atoms with van der Waals surface area (Å²) in [4.78, 5) is 15.0. The number of likely N-dealkylation sites (tertiary alicyclic amines) is 1. The summed E-state index contributed by atoms with van der Waals surface area (Å²) in [6, 6.07) is 14.3. The smallest absolute Gasteiger partial charge is 0.315 e. The predicted molar refractivity (Wildman–Crippen MR) is 101 cm³/mol. The molecule has 0 spiro atoms. The van der Waals surface area contributed by atoms with E-state index in [1.54, 1.807) is 6.26 Å². The van der Waals surface area contributed by atoms with Crippen LogP contribution in [0.5, 0.6) is 0 Å². The normalized spacial score (nSPS) is 19.8. The number of amides is 2. The van der Waals surface area contributed by atoms with Crippen molar-refractivity contribution in [2.45, 2.75) is 37.8 Å². The molecular formula is C21H27N3O2. The minimum absolute atomic E-state index is 0.0958. The molecule has 1 saturated carbocycles. The second-order valence-corrected chi connectivity index (χ2v) is 7.35. The lowest BCUT2D eigenvalue weighted by Crippen LogP contribution is -2.43. The maximum absolute atomic E-state index is 12.6. The zero-order valence-electron chi connectivity index (χ0n) is 15.1. The second kappa shape index (κ2) is 7.96. The van der Waals surface area contributed by atoms with Gasteiger partial charge in [-0.3, -0.25) is 4.90 Å². The molecule has 2 amide bonds. The van der Waals surface area contributed by atoms with Crippen molar-refractivity contribution in [1.29, 1.82) is 0 Å². The summed E-state index contributed by atoms with van der Waals surface area (Å²) in [5.41, 5.74) is 1.19. The Morgan fingerprint density at radius 2 is 1.88 bits per heavy atom. The molecule has 2 aromatic rings. The van der Waals surface area contributed by atoms with Crippen molar-refractivity contribution < 1.29 is 9.21 Å². The molecule has 2 unspecified atom stereocenters. The number of urea groups is 1. The summed E-state index contributed by atoms with van der Waals surface area (Å²) in [7, 11) is 0. The summed E-state index contributed by atoms with van der Waals surface area (Å²) >= 11 is 0. The first-order valence-corrected chi connectivity index (χ1v) is 9.68. The number of benzene rings is 1. The maximum atomic E-state index is 12.6. The van der Waals surface area contributed by atoms with Crippen LogP contribution < -0.4 is 10.6 Å². The molecule has 138 valence electrons. The van der Waals surface area contributed by atoms with E-state index in [2.05, 4.69) is 27.7 Å². The third-order valence-electron chi connectivity index (χ3n) is 5.45. The van der Waals surface area contributed by atoms with Crippen molar-refractivity contribution in [1.82, 2.24) is 15.5 Å². The Bertz CT molecular complexity index is 691. The van der Waals surface area contributed by atoms with Gasteiger partial charge in [0.1, 0.15) is 5.76 Å². The lowest BCUT2D eigenvalue weighted by atomic mass is 10.0. The fourth-order valence-corrected chi connectivity index (χ4v) is 3.89. The standard InChI is InChI=1S/C21H27N3O2/c25-21(23-20(17-10-11-17)16-7-2-1-3-8-16)22-15-18(19-9-6-14-26-19)24-12-4-5-13-24/h1-3,6-9,14,17-18,20H,4-5,10-13,15H2,(H2,22,23,25). The van der Waals surface area contributed by atoms with Crippen LogP contribution in [0.4, 0.5) is 4.79 Å². The van der Waals surface area contributed by atoms with Gasteiger partial charge in [0.15, 0.2) is 0 Å². The van der Waals surface area contributed by atoms with Crippen molar-refractivity contribution in [3.8, 4) is 0 Å². The Labute approximate surface area is 154 Å². The van der Waals surface area contributed by atoms with Crippen molar-refractivity contribution >= 4 is 6.03 Å². The Morgan fingerprint density at radius 1 is 1.12 bits per heavy atom. The summed E-state index contributed by atoms with van der Waals surface area (Å²) in [6.45, 7) is 2.68. The topological polar surface area (TPSA) is 57.5 Å². The van der Waals surface area contributed by atoms with E-state index in [1.165, 1.54) is 31.2 Å². The first-order valence-electron chi connectivity index (χ1n) is 9.68. The number of furan rings is 1. The van der Waals surface area contributed by atoms with Gasteiger partial charge in [0.25, 0.3) is 0 Å². The molecule has 4 rings (SSSR count). The lowest BCUT2D eigenvalue weighted by molar-refractivity contribution is 0.201. The van der Waals surface area contributed by atoms with Crippen LogP contribution in [0.25, 0.3) is 0 Å². The zero-order valence-corrected chi connectivity index (χ0v) is 15.1. The summed E-state index contributed by atoms with van der Waals surface area (Å²) in [5.74, 6) is 1.48. The number of nitrogens with one attached hydrogen (secondary N) is 2. The molecular weight excluding hydrogens is 326 g/mol. The molecule has 5 heteroatoms. The van der Waals surface area contributed by atoms with E-state index < -0.39 is 0 Å². The van der Waals surface area contributed by atoms with Crippen LogP contribution in [0, 0.1) is 5.92 Å². The first kappa shape index (κ1) is 17.2. The fourth-order valence-electron chi connectivity index (χ4n) is 3.89. The average molecular weight is 353 g/mol. The highest BCUT2D eigenvalue weighted by Gasteiger charge is 2.33. The van der Waals surface area contributed by atoms with Gasteiger partial charge < -0.3 is 15.1 Å². The molecule has 1 saturated heterocycles. The molecule has 1 aromatic heterocycles. The monoisotopic (exact) mass is 353 g/mol. The quantitative estimate of drug-likeness (QED) is 0.794. The van der Waals surface area contributed by atoms with Gasteiger partial charge in [0.05, 0.1) is 18.3 Å². The van der Waals surface area contributed by atoms with Crippen molar-refractivity contribution in [2.75, 3.05) is 19.6 Å². The number of nitrogens with zero attached hydrogens (tertiary/aromatic N) is 1. The van der Waals surface area contributed by atoms with Gasteiger partial charge in [-0.2, -0.15) is 0 Å². The molecule has 2 N–H and O–H groups in total. The average Bonchev–Trinajstić information content (AvgIpc) is 3.12. The van der Waals surface area contributed by atoms with E-state index in [4.69, 9.17) is 4.42 Å². The maximum Gasteiger partial charge on any atom is 0.315 e. The number of rotatable bonds is 7. The Kier molecular flexibility index (Phi) is 5.25. The first-order chi connectivity index (χ1) is 12.8. The molecule has 1 aliphatic heterocycles. The molecule has 26 heavy (non-hydrogen) atoms. The van der Waals surface area contributed by atoms with E-state index in [-0.39, 0.29) is 18.1 Å². The third kappa shape index (κ3) is 4.10. The van der Waals surface area contributed by atoms with Gasteiger partial charge in [0.2, 0.25) is 0 Å². The van der Waals surface area contributed by atoms with Crippen LogP contribution in [0.15, 0.2) is 53.1 Å². The Morgan fingerprint density at radius 3 is 2.54 bits per heavy atom. The molecule has 5 nitrogen and oxygen atoms in total. The Balaban J connectivity index is 1.37. The fraction of sp³-hybridized carbons (Fsp3) is 0.476. The molecule has 0 radical (unpaired) electrons. The van der Waals surface area contributed by atoms with Gasteiger partial charge in [-0.05, 0) is 62.4 Å². The molecule has 1 aliphatic carbocycles. The third-order valence-corrected chi connectivity index (χ3v) is 5.45. The van der Waals surface area contributed by atoms with Gasteiger partial charge in [-0.1, -0.05) is 30.3 Å². The van der Waals surface area contributed by atoms with E-state index in [1.807, 2.05) is 30.3 Å². The van der Waals surface area contributed by atoms with Gasteiger partial charge in [0, 0.05) is 6.54 Å². The van der Waals surface area contributed by atoms with E-state index in [0.717, 1.165) is 18.8 Å². The van der Waals surface area contributed by atoms with Gasteiger partial charge in [-0.25, -0.2) is 4.79 Å². The van der Waals surface area contributed by atoms with Crippen LogP contribution in [0.3, 0.4) is 0 Å². The highest BCUT2D eigenvalue weighted by Crippen LogP contribution is 2.40. The van der Waals surface area contributed by atoms with Gasteiger partial charge in [-0.15, -0.1) is 0 Å². The molecule has 2 atom stereocenters. The molecule has 2 aliphatic rings. The predicted octanol–water partition coefficient (Wildman–Crippen LogP) is 3.87. The summed E-state index contributed by atoms with van der Waals surface area (Å²) in [5, 5.41) is 6.27.